The first-order valence-electron chi connectivity index (χ1n) is 8.63. The number of hydrogen-bond acceptors (Lipinski definition) is 3. The maximum atomic E-state index is 13.6. The van der Waals surface area contributed by atoms with Gasteiger partial charge in [0.2, 0.25) is 0 Å². The second kappa shape index (κ2) is 7.69. The Balaban J connectivity index is 1.64. The van der Waals surface area contributed by atoms with Crippen LogP contribution < -0.4 is 5.32 Å². The van der Waals surface area contributed by atoms with Gasteiger partial charge >= 0.3 is 0 Å². The number of carbonyl (C=O) groups excluding carboxylic acids is 1. The third kappa shape index (κ3) is 3.79. The van der Waals surface area contributed by atoms with Crippen molar-refractivity contribution in [1.29, 1.82) is 0 Å². The summed E-state index contributed by atoms with van der Waals surface area (Å²) in [4.78, 5) is 12.8. The first-order valence-corrected chi connectivity index (χ1v) is 10.3. The number of nitrogens with zero attached hydrogens (tertiary/aromatic N) is 1. The van der Waals surface area contributed by atoms with E-state index >= 15 is 0 Å². The molecule has 1 atom stereocenters. The van der Waals surface area contributed by atoms with Crippen molar-refractivity contribution in [3.8, 4) is 0 Å². The average molecular weight is 455 g/mol. The first-order chi connectivity index (χ1) is 13.0. The molecule has 2 aromatic heterocycles. The van der Waals surface area contributed by atoms with Crippen molar-refractivity contribution in [2.75, 3.05) is 13.2 Å². The molecule has 0 saturated carbocycles. The predicted molar refractivity (Wildman–Crippen MR) is 104 cm³/mol. The Bertz CT molecular complexity index is 995. The smallest absolute Gasteiger partial charge is 0.268 e. The van der Waals surface area contributed by atoms with Crippen LogP contribution in [0, 0.1) is 11.6 Å². The van der Waals surface area contributed by atoms with E-state index in [9.17, 15) is 13.6 Å². The van der Waals surface area contributed by atoms with Gasteiger partial charge in [0.05, 0.1) is 20.8 Å². The Hall–Kier alpha value is -1.77. The molecule has 0 radical (unpaired) electrons. The maximum Gasteiger partial charge on any atom is 0.268 e. The maximum absolute atomic E-state index is 13.6. The summed E-state index contributed by atoms with van der Waals surface area (Å²) >= 11 is 5.04. The highest BCUT2D eigenvalue weighted by atomic mass is 79.9. The van der Waals surface area contributed by atoms with Crippen LogP contribution in [0.25, 0.3) is 10.2 Å². The number of halogens is 3. The molecule has 0 aliphatic carbocycles. The third-order valence-corrected chi connectivity index (χ3v) is 6.48. The molecule has 4 rings (SSSR count). The number of thiophene rings is 1. The number of aromatic nitrogens is 1. The van der Waals surface area contributed by atoms with Gasteiger partial charge in [-0.05, 0) is 52.5 Å². The van der Waals surface area contributed by atoms with Gasteiger partial charge in [-0.1, -0.05) is 6.07 Å². The lowest BCUT2D eigenvalue weighted by molar-refractivity contribution is 0.0851. The second-order valence-electron chi connectivity index (χ2n) is 6.51. The zero-order chi connectivity index (χ0) is 19.0. The fourth-order valence-corrected chi connectivity index (χ4v) is 5.00. The summed E-state index contributed by atoms with van der Waals surface area (Å²) in [6.07, 6.45) is 2.00. The van der Waals surface area contributed by atoms with Crippen LogP contribution >= 0.6 is 27.3 Å². The summed E-state index contributed by atoms with van der Waals surface area (Å²) in [6.45, 7) is 1.46. The molecule has 0 spiro atoms. The molecule has 8 heteroatoms. The van der Waals surface area contributed by atoms with E-state index in [0.717, 1.165) is 46.3 Å². The fraction of sp³-hybridized carbons (Fsp3) is 0.316. The van der Waals surface area contributed by atoms with Crippen LogP contribution in [0.3, 0.4) is 0 Å². The first kappa shape index (κ1) is 18.6. The molecule has 1 fully saturated rings. The molecule has 0 bridgehead atoms. The van der Waals surface area contributed by atoms with Gasteiger partial charge in [0.15, 0.2) is 11.6 Å². The number of carbonyl (C=O) groups is 1. The van der Waals surface area contributed by atoms with Crippen LogP contribution in [0.2, 0.25) is 0 Å². The molecular formula is C19H17BrF2N2O2S. The Labute approximate surface area is 167 Å². The van der Waals surface area contributed by atoms with Crippen LogP contribution in [0.15, 0.2) is 34.1 Å². The quantitative estimate of drug-likeness (QED) is 0.606. The van der Waals surface area contributed by atoms with Gasteiger partial charge in [0.25, 0.3) is 5.91 Å². The summed E-state index contributed by atoms with van der Waals surface area (Å²) in [7, 11) is 0. The number of ether oxygens (including phenoxy) is 1. The van der Waals surface area contributed by atoms with Crippen molar-refractivity contribution in [1.82, 2.24) is 9.88 Å². The van der Waals surface area contributed by atoms with Crippen molar-refractivity contribution >= 4 is 43.4 Å². The number of rotatable bonds is 5. The summed E-state index contributed by atoms with van der Waals surface area (Å²) in [5, 5.41) is 4.87. The highest BCUT2D eigenvalue weighted by molar-refractivity contribution is 9.10. The summed E-state index contributed by atoms with van der Waals surface area (Å²) < 4.78 is 36.0. The Morgan fingerprint density at radius 3 is 2.93 bits per heavy atom. The molecule has 27 heavy (non-hydrogen) atoms. The van der Waals surface area contributed by atoms with E-state index in [4.69, 9.17) is 4.74 Å². The molecule has 142 valence electrons. The lowest BCUT2D eigenvalue weighted by Crippen LogP contribution is -2.33. The second-order valence-corrected chi connectivity index (χ2v) is 8.27. The van der Waals surface area contributed by atoms with Gasteiger partial charge in [-0.3, -0.25) is 4.79 Å². The van der Waals surface area contributed by atoms with Crippen LogP contribution in [0.4, 0.5) is 8.78 Å². The third-order valence-electron chi connectivity index (χ3n) is 4.65. The average Bonchev–Trinajstić information content (AvgIpc) is 3.36. The monoisotopic (exact) mass is 454 g/mol. The van der Waals surface area contributed by atoms with E-state index in [0.29, 0.717) is 17.8 Å². The molecule has 1 unspecified atom stereocenters. The zero-order valence-corrected chi connectivity index (χ0v) is 16.7. The SMILES string of the molecule is O=C(NCC1CCCO1)c1cc2scc(Br)c2n1Cc1ccc(F)c(F)c1. The van der Waals surface area contributed by atoms with Crippen LogP contribution in [-0.2, 0) is 11.3 Å². The van der Waals surface area contributed by atoms with Gasteiger partial charge < -0.3 is 14.6 Å². The van der Waals surface area contributed by atoms with Crippen molar-refractivity contribution in [3.05, 3.63) is 57.0 Å². The molecule has 3 heterocycles. The summed E-state index contributed by atoms with van der Waals surface area (Å²) in [5.41, 5.74) is 1.94. The van der Waals surface area contributed by atoms with E-state index in [2.05, 4.69) is 21.2 Å². The molecule has 4 nitrogen and oxygen atoms in total. The van der Waals surface area contributed by atoms with Crippen molar-refractivity contribution in [2.24, 2.45) is 0 Å². The summed E-state index contributed by atoms with van der Waals surface area (Å²) in [6, 6.07) is 5.62. The normalized spacial score (nSPS) is 16.9. The van der Waals surface area contributed by atoms with Crippen LogP contribution in [-0.4, -0.2) is 29.7 Å². The molecule has 1 amide bonds. The zero-order valence-electron chi connectivity index (χ0n) is 14.3. The van der Waals surface area contributed by atoms with Crippen LogP contribution in [0.5, 0.6) is 0 Å². The lowest BCUT2D eigenvalue weighted by Gasteiger charge is -2.14. The van der Waals surface area contributed by atoms with Gasteiger partial charge in [0, 0.05) is 25.1 Å². The number of hydrogen-bond donors (Lipinski definition) is 1. The van der Waals surface area contributed by atoms with E-state index in [1.165, 1.54) is 17.4 Å². The van der Waals surface area contributed by atoms with E-state index < -0.39 is 11.6 Å². The minimum Gasteiger partial charge on any atom is -0.376 e. The van der Waals surface area contributed by atoms with Gasteiger partial charge in [-0.25, -0.2) is 8.78 Å². The minimum atomic E-state index is -0.898. The van der Waals surface area contributed by atoms with Gasteiger partial charge in [-0.2, -0.15) is 0 Å². The van der Waals surface area contributed by atoms with Gasteiger partial charge in [-0.15, -0.1) is 11.3 Å². The Morgan fingerprint density at radius 1 is 1.33 bits per heavy atom. The van der Waals surface area contributed by atoms with Crippen LogP contribution in [0.1, 0.15) is 28.9 Å². The van der Waals surface area contributed by atoms with Crippen molar-refractivity contribution in [3.63, 3.8) is 0 Å². The number of amides is 1. The number of fused-ring (bicyclic) bond motifs is 1. The molecule has 3 aromatic rings. The Kier molecular flexibility index (Phi) is 5.29. The molecule has 1 aromatic carbocycles. The highest BCUT2D eigenvalue weighted by Crippen LogP contribution is 2.34. The highest BCUT2D eigenvalue weighted by Gasteiger charge is 2.21. The van der Waals surface area contributed by atoms with E-state index in [-0.39, 0.29) is 18.6 Å². The van der Waals surface area contributed by atoms with Gasteiger partial charge in [0.1, 0.15) is 5.69 Å². The van der Waals surface area contributed by atoms with Crippen molar-refractivity contribution < 1.29 is 18.3 Å². The molecule has 1 aliphatic rings. The number of benzene rings is 1. The largest absolute Gasteiger partial charge is 0.376 e. The van der Waals surface area contributed by atoms with E-state index in [1.54, 1.807) is 0 Å². The summed E-state index contributed by atoms with van der Waals surface area (Å²) in [5.74, 6) is -1.99. The minimum absolute atomic E-state index is 0.0522. The topological polar surface area (TPSA) is 43.3 Å². The molecule has 1 saturated heterocycles. The number of nitrogens with one attached hydrogen (secondary N) is 1. The fourth-order valence-electron chi connectivity index (χ4n) is 3.31. The lowest BCUT2D eigenvalue weighted by atomic mass is 10.2. The van der Waals surface area contributed by atoms with E-state index in [1.807, 2.05) is 16.0 Å². The van der Waals surface area contributed by atoms with Crippen molar-refractivity contribution in [2.45, 2.75) is 25.5 Å². The molecular weight excluding hydrogens is 438 g/mol. The predicted octanol–water partition coefficient (Wildman–Crippen LogP) is 4.70. The Morgan fingerprint density at radius 2 is 2.19 bits per heavy atom. The molecule has 1 aliphatic heterocycles. The standard InChI is InChI=1S/C19H17BrF2N2O2S/c20-13-10-27-17-7-16(19(25)23-8-12-2-1-5-26-12)24(18(13)17)9-11-3-4-14(21)15(22)6-11/h3-4,6-7,10,12H,1-2,5,8-9H2,(H,23,25). The molecule has 1 N–H and O–H groups in total.